The Morgan fingerprint density at radius 1 is 1.42 bits per heavy atom. The van der Waals surface area contributed by atoms with Crippen molar-refractivity contribution in [1.82, 2.24) is 5.32 Å². The molecule has 1 unspecified atom stereocenters. The number of carboxylic acids is 1. The Hall–Kier alpha value is -1.11. The monoisotopic (exact) mass is 375 g/mol. The van der Waals surface area contributed by atoms with Crippen molar-refractivity contribution in [1.29, 1.82) is 0 Å². The van der Waals surface area contributed by atoms with Crippen molar-refractivity contribution in [3.63, 3.8) is 0 Å². The van der Waals surface area contributed by atoms with Crippen molar-refractivity contribution in [2.45, 2.75) is 39.2 Å². The van der Waals surface area contributed by atoms with E-state index in [9.17, 15) is 14.7 Å². The maximum absolute atomic E-state index is 12.2. The number of aryl methyl sites for hydroxylation is 1. The number of hydrogen-bond acceptors (Lipinski definition) is 2. The smallest absolute Gasteiger partial charge is 0.329 e. The van der Waals surface area contributed by atoms with Crippen molar-refractivity contribution in [2.24, 2.45) is 0 Å². The molecule has 5 heteroatoms. The van der Waals surface area contributed by atoms with E-state index in [0.29, 0.717) is 18.4 Å². The summed E-state index contributed by atoms with van der Waals surface area (Å²) in [7, 11) is 0. The van der Waals surface area contributed by atoms with Crippen LogP contribution in [0.15, 0.2) is 18.2 Å². The molecule has 0 aliphatic heterocycles. The molecule has 1 amide bonds. The van der Waals surface area contributed by atoms with Crippen LogP contribution in [-0.2, 0) is 4.79 Å². The van der Waals surface area contributed by atoms with Crippen LogP contribution in [0.1, 0.15) is 42.6 Å². The number of benzene rings is 1. The van der Waals surface area contributed by atoms with E-state index in [4.69, 9.17) is 0 Å². The summed E-state index contributed by atoms with van der Waals surface area (Å²) >= 11 is 2.07. The van der Waals surface area contributed by atoms with Crippen LogP contribution in [-0.4, -0.2) is 22.5 Å². The summed E-state index contributed by atoms with van der Waals surface area (Å²) < 4.78 is 0.810. The van der Waals surface area contributed by atoms with Gasteiger partial charge in [-0.1, -0.05) is 25.0 Å². The number of nitrogens with one attached hydrogen (secondary N) is 1. The molecule has 1 aromatic carbocycles. The van der Waals surface area contributed by atoms with Crippen molar-refractivity contribution < 1.29 is 14.7 Å². The zero-order valence-electron chi connectivity index (χ0n) is 11.3. The van der Waals surface area contributed by atoms with Gasteiger partial charge in [-0.15, -0.1) is 0 Å². The van der Waals surface area contributed by atoms with Crippen molar-refractivity contribution in [2.75, 3.05) is 0 Å². The molecular weight excluding hydrogens is 357 g/mol. The van der Waals surface area contributed by atoms with E-state index in [1.165, 1.54) is 0 Å². The first-order valence-corrected chi connectivity index (χ1v) is 7.20. The molecule has 2 N–H and O–H groups in total. The largest absolute Gasteiger partial charge is 0.480 e. The van der Waals surface area contributed by atoms with Gasteiger partial charge in [0.25, 0.3) is 5.91 Å². The first kappa shape index (κ1) is 15.9. The molecule has 0 fully saturated rings. The number of halogens is 1. The Morgan fingerprint density at radius 3 is 2.58 bits per heavy atom. The molecule has 1 rings (SSSR count). The zero-order chi connectivity index (χ0) is 14.6. The van der Waals surface area contributed by atoms with Gasteiger partial charge >= 0.3 is 5.97 Å². The fourth-order valence-corrected chi connectivity index (χ4v) is 2.43. The van der Waals surface area contributed by atoms with E-state index < -0.39 is 11.5 Å². The van der Waals surface area contributed by atoms with Crippen molar-refractivity contribution in [3.8, 4) is 0 Å². The molecule has 104 valence electrons. The first-order chi connectivity index (χ1) is 8.80. The molecule has 1 aromatic rings. The molecule has 19 heavy (non-hydrogen) atoms. The van der Waals surface area contributed by atoms with Gasteiger partial charge in [0.05, 0.1) is 5.56 Å². The molecule has 0 spiro atoms. The molecular formula is C14H18INO3. The summed E-state index contributed by atoms with van der Waals surface area (Å²) in [5.74, 6) is -1.35. The summed E-state index contributed by atoms with van der Waals surface area (Å²) in [5.41, 5.74) is 0.265. The Morgan fingerprint density at radius 2 is 2.05 bits per heavy atom. The number of hydrogen-bond donors (Lipinski definition) is 2. The van der Waals surface area contributed by atoms with E-state index in [2.05, 4.69) is 27.9 Å². The van der Waals surface area contributed by atoms with Gasteiger partial charge in [-0.05, 0) is 55.0 Å². The number of aliphatic carboxylic acids is 1. The van der Waals surface area contributed by atoms with Crippen molar-refractivity contribution >= 4 is 34.5 Å². The predicted molar refractivity (Wildman–Crippen MR) is 82.3 cm³/mol. The third-order valence-electron chi connectivity index (χ3n) is 2.98. The number of carbonyl (C=O) groups excluding carboxylic acids is 1. The highest BCUT2D eigenvalue weighted by Gasteiger charge is 2.34. The molecule has 0 saturated heterocycles. The third-order valence-corrected chi connectivity index (χ3v) is 3.92. The minimum Gasteiger partial charge on any atom is -0.480 e. The van der Waals surface area contributed by atoms with Gasteiger partial charge < -0.3 is 10.4 Å². The Labute approximate surface area is 126 Å². The number of amides is 1. The molecule has 1 atom stereocenters. The molecule has 0 saturated carbocycles. The van der Waals surface area contributed by atoms with Crippen LogP contribution in [0.25, 0.3) is 0 Å². The minimum atomic E-state index is -1.22. The van der Waals surface area contributed by atoms with E-state index in [-0.39, 0.29) is 5.91 Å². The molecule has 0 bridgehead atoms. The van der Waals surface area contributed by atoms with Crippen LogP contribution >= 0.6 is 22.6 Å². The lowest BCUT2D eigenvalue weighted by Gasteiger charge is -2.26. The summed E-state index contributed by atoms with van der Waals surface area (Å²) in [4.78, 5) is 23.5. The number of carbonyl (C=O) groups is 2. The fraction of sp³-hybridized carbons (Fsp3) is 0.429. The van der Waals surface area contributed by atoms with Crippen LogP contribution in [0.2, 0.25) is 0 Å². The average molecular weight is 375 g/mol. The van der Waals surface area contributed by atoms with Crippen LogP contribution in [0.5, 0.6) is 0 Å². The first-order valence-electron chi connectivity index (χ1n) is 6.12. The maximum atomic E-state index is 12.2. The van der Waals surface area contributed by atoms with Crippen LogP contribution in [0, 0.1) is 10.5 Å². The average Bonchev–Trinajstić information content (AvgIpc) is 2.32. The van der Waals surface area contributed by atoms with Gasteiger partial charge in [0.15, 0.2) is 0 Å². The lowest BCUT2D eigenvalue weighted by Crippen LogP contribution is -2.52. The van der Waals surface area contributed by atoms with Gasteiger partial charge in [-0.2, -0.15) is 0 Å². The molecule has 0 heterocycles. The van der Waals surface area contributed by atoms with E-state index in [0.717, 1.165) is 9.13 Å². The Kier molecular flexibility index (Phi) is 5.34. The standard InChI is InChI=1S/C14H18INO3/c1-4-7-14(3,13(18)19)16-12(17)10-8-9(2)5-6-11(10)15/h5-6,8H,4,7H2,1-3H3,(H,16,17)(H,18,19). The summed E-state index contributed by atoms with van der Waals surface area (Å²) in [6.45, 7) is 5.33. The van der Waals surface area contributed by atoms with Gasteiger partial charge in [0.1, 0.15) is 5.54 Å². The Bertz CT molecular complexity index is 501. The zero-order valence-corrected chi connectivity index (χ0v) is 13.4. The van der Waals surface area contributed by atoms with Crippen LogP contribution < -0.4 is 5.32 Å². The topological polar surface area (TPSA) is 66.4 Å². The maximum Gasteiger partial charge on any atom is 0.329 e. The molecule has 0 aliphatic rings. The molecule has 0 aliphatic carbocycles. The molecule has 0 aromatic heterocycles. The normalized spacial score (nSPS) is 13.7. The lowest BCUT2D eigenvalue weighted by molar-refractivity contribution is -0.144. The SMILES string of the molecule is CCCC(C)(NC(=O)c1cc(C)ccc1I)C(=O)O. The second-order valence-corrected chi connectivity index (χ2v) is 5.99. The predicted octanol–water partition coefficient (Wildman–Crippen LogP) is 2.97. The lowest BCUT2D eigenvalue weighted by atomic mass is 9.95. The van der Waals surface area contributed by atoms with Gasteiger partial charge in [-0.25, -0.2) is 4.79 Å². The van der Waals surface area contributed by atoms with E-state index in [1.54, 1.807) is 13.0 Å². The van der Waals surface area contributed by atoms with E-state index >= 15 is 0 Å². The van der Waals surface area contributed by atoms with E-state index in [1.807, 2.05) is 26.0 Å². The highest BCUT2D eigenvalue weighted by Crippen LogP contribution is 2.18. The molecule has 0 radical (unpaired) electrons. The summed E-state index contributed by atoms with van der Waals surface area (Å²) in [5, 5.41) is 11.9. The van der Waals surface area contributed by atoms with Crippen LogP contribution in [0.3, 0.4) is 0 Å². The van der Waals surface area contributed by atoms with Gasteiger partial charge in [0, 0.05) is 3.57 Å². The van der Waals surface area contributed by atoms with Crippen molar-refractivity contribution in [3.05, 3.63) is 32.9 Å². The fourth-order valence-electron chi connectivity index (χ4n) is 1.85. The number of rotatable bonds is 5. The highest BCUT2D eigenvalue weighted by molar-refractivity contribution is 14.1. The highest BCUT2D eigenvalue weighted by atomic mass is 127. The number of carboxylic acid groups (broad SMARTS) is 1. The summed E-state index contributed by atoms with van der Waals surface area (Å²) in [6.07, 6.45) is 1.09. The minimum absolute atomic E-state index is 0.341. The second kappa shape index (κ2) is 6.36. The second-order valence-electron chi connectivity index (χ2n) is 4.82. The van der Waals surface area contributed by atoms with Crippen LogP contribution in [0.4, 0.5) is 0 Å². The third kappa shape index (κ3) is 3.92. The van der Waals surface area contributed by atoms with Gasteiger partial charge in [-0.3, -0.25) is 4.79 Å². The quantitative estimate of drug-likeness (QED) is 0.778. The Balaban J connectivity index is 3.00. The molecule has 4 nitrogen and oxygen atoms in total. The van der Waals surface area contributed by atoms with Gasteiger partial charge in [0.2, 0.25) is 0 Å². The summed E-state index contributed by atoms with van der Waals surface area (Å²) in [6, 6.07) is 5.54.